The fourth-order valence-corrected chi connectivity index (χ4v) is 3.56. The number of likely N-dealkylation sites (N-methyl/N-ethyl adjacent to an activating group) is 1. The Bertz CT molecular complexity index is 1020. The number of hydrazone groups is 1. The second-order valence-corrected chi connectivity index (χ2v) is 7.73. The molecule has 2 amide bonds. The lowest BCUT2D eigenvalue weighted by Gasteiger charge is -2.23. The van der Waals surface area contributed by atoms with E-state index in [1.54, 1.807) is 6.07 Å². The summed E-state index contributed by atoms with van der Waals surface area (Å²) < 4.78 is 0. The Morgan fingerprint density at radius 1 is 1.03 bits per heavy atom. The average molecular weight is 390 g/mol. The van der Waals surface area contributed by atoms with Crippen LogP contribution in [-0.4, -0.2) is 25.1 Å². The summed E-state index contributed by atoms with van der Waals surface area (Å²) in [5, 5.41) is 6.48. The Hall–Kier alpha value is -3.41. The van der Waals surface area contributed by atoms with Crippen molar-refractivity contribution in [1.29, 1.82) is 0 Å². The van der Waals surface area contributed by atoms with Crippen molar-refractivity contribution in [2.24, 2.45) is 5.10 Å². The lowest BCUT2D eigenvalue weighted by molar-refractivity contribution is -0.136. The molecule has 6 nitrogen and oxygen atoms in total. The second-order valence-electron chi connectivity index (χ2n) is 7.73. The van der Waals surface area contributed by atoms with Crippen LogP contribution < -0.4 is 15.6 Å². The van der Waals surface area contributed by atoms with E-state index in [9.17, 15) is 9.59 Å². The van der Waals surface area contributed by atoms with Gasteiger partial charge in [-0.1, -0.05) is 38.1 Å². The van der Waals surface area contributed by atoms with Gasteiger partial charge in [-0.2, -0.15) is 5.10 Å². The van der Waals surface area contributed by atoms with Crippen molar-refractivity contribution in [3.63, 3.8) is 0 Å². The zero-order valence-electron chi connectivity index (χ0n) is 17.4. The molecule has 3 rings (SSSR count). The Labute approximate surface area is 171 Å². The van der Waals surface area contributed by atoms with Gasteiger partial charge in [-0.05, 0) is 54.8 Å². The number of nitrogens with zero attached hydrogens (tertiary/aromatic N) is 2. The highest BCUT2D eigenvalue weighted by Crippen LogP contribution is 2.46. The summed E-state index contributed by atoms with van der Waals surface area (Å²) >= 11 is 0. The van der Waals surface area contributed by atoms with Crippen LogP contribution in [-0.2, 0) is 15.0 Å². The smallest absolute Gasteiger partial charge is 0.329 e. The van der Waals surface area contributed by atoms with E-state index >= 15 is 0 Å². The molecular weight excluding hydrogens is 364 g/mol. The minimum atomic E-state index is -0.819. The first-order valence-corrected chi connectivity index (χ1v) is 9.47. The molecule has 0 radical (unpaired) electrons. The van der Waals surface area contributed by atoms with Gasteiger partial charge in [0.05, 0.1) is 0 Å². The van der Waals surface area contributed by atoms with Gasteiger partial charge in [-0.3, -0.25) is 9.59 Å². The first-order valence-electron chi connectivity index (χ1n) is 9.47. The van der Waals surface area contributed by atoms with Crippen LogP contribution >= 0.6 is 0 Å². The number of hydrogen-bond acceptors (Lipinski definition) is 4. The molecule has 2 N–H and O–H groups in total. The van der Waals surface area contributed by atoms with Crippen molar-refractivity contribution in [1.82, 2.24) is 5.43 Å². The van der Waals surface area contributed by atoms with E-state index in [0.717, 1.165) is 22.5 Å². The monoisotopic (exact) mass is 390 g/mol. The molecule has 1 aliphatic rings. The first-order chi connectivity index (χ1) is 13.7. The normalized spacial score (nSPS) is 16.2. The minimum Gasteiger partial charge on any atom is -0.347 e. The zero-order chi connectivity index (χ0) is 21.2. The fourth-order valence-electron chi connectivity index (χ4n) is 3.56. The van der Waals surface area contributed by atoms with Crippen molar-refractivity contribution >= 4 is 29.4 Å². The summed E-state index contributed by atoms with van der Waals surface area (Å²) in [4.78, 5) is 26.1. The number of carbonyl (C=O) groups excluding carboxylic acids is 2. The van der Waals surface area contributed by atoms with Gasteiger partial charge in [-0.25, -0.2) is 5.43 Å². The van der Waals surface area contributed by atoms with E-state index in [0.29, 0.717) is 5.69 Å². The number of amides is 2. The highest BCUT2D eigenvalue weighted by molar-refractivity contribution is 6.39. The third-order valence-corrected chi connectivity index (χ3v) is 5.38. The molecule has 1 heterocycles. The molecule has 0 saturated heterocycles. The second kappa shape index (κ2) is 7.91. The molecule has 2 aromatic rings. The van der Waals surface area contributed by atoms with Gasteiger partial charge in [0.1, 0.15) is 0 Å². The summed E-state index contributed by atoms with van der Waals surface area (Å²) in [6.07, 6.45) is 3.35. The van der Waals surface area contributed by atoms with Crippen LogP contribution in [0.2, 0.25) is 0 Å². The van der Waals surface area contributed by atoms with Crippen LogP contribution in [0.3, 0.4) is 0 Å². The summed E-state index contributed by atoms with van der Waals surface area (Å²) in [7, 11) is 2.00. The predicted octanol–water partition coefficient (Wildman–Crippen LogP) is 3.66. The molecule has 0 spiro atoms. The maximum Gasteiger partial charge on any atom is 0.329 e. The molecule has 2 aromatic carbocycles. The number of rotatable bonds is 3. The van der Waals surface area contributed by atoms with E-state index in [4.69, 9.17) is 0 Å². The first kappa shape index (κ1) is 20.3. The number of para-hydroxylation sites is 1. The summed E-state index contributed by atoms with van der Waals surface area (Å²) in [6, 6.07) is 13.7. The van der Waals surface area contributed by atoms with Crippen LogP contribution in [0.5, 0.6) is 0 Å². The maximum atomic E-state index is 12.0. The largest absolute Gasteiger partial charge is 0.347 e. The zero-order valence-corrected chi connectivity index (χ0v) is 17.4. The Morgan fingerprint density at radius 2 is 1.76 bits per heavy atom. The van der Waals surface area contributed by atoms with Gasteiger partial charge in [0.2, 0.25) is 0 Å². The molecule has 0 saturated carbocycles. The van der Waals surface area contributed by atoms with E-state index in [1.165, 1.54) is 11.8 Å². The van der Waals surface area contributed by atoms with Crippen LogP contribution in [0.4, 0.5) is 11.4 Å². The Kier molecular flexibility index (Phi) is 5.55. The number of allylic oxidation sites excluding steroid dienone is 2. The molecule has 0 atom stereocenters. The minimum absolute atomic E-state index is 0.179. The molecule has 29 heavy (non-hydrogen) atoms. The molecule has 0 bridgehead atoms. The van der Waals surface area contributed by atoms with Crippen LogP contribution in [0.1, 0.15) is 30.5 Å². The molecule has 0 aromatic heterocycles. The van der Waals surface area contributed by atoms with Gasteiger partial charge >= 0.3 is 11.8 Å². The molecule has 0 fully saturated rings. The van der Waals surface area contributed by atoms with Crippen molar-refractivity contribution in [3.05, 3.63) is 70.9 Å². The lowest BCUT2D eigenvalue weighted by atomic mass is 9.84. The van der Waals surface area contributed by atoms with E-state index in [2.05, 4.69) is 46.7 Å². The summed E-state index contributed by atoms with van der Waals surface area (Å²) in [5.41, 5.74) is 8.26. The molecule has 1 aliphatic heterocycles. The highest BCUT2D eigenvalue weighted by Gasteiger charge is 2.37. The van der Waals surface area contributed by atoms with Crippen LogP contribution in [0.15, 0.2) is 59.3 Å². The topological polar surface area (TPSA) is 73.8 Å². The molecule has 0 aliphatic carbocycles. The Morgan fingerprint density at radius 3 is 2.45 bits per heavy atom. The number of fused-ring (bicyclic) bond motifs is 1. The number of nitrogens with one attached hydrogen (secondary N) is 2. The summed E-state index contributed by atoms with van der Waals surface area (Å²) in [6.45, 7) is 8.22. The van der Waals surface area contributed by atoms with Gasteiger partial charge in [0, 0.05) is 35.7 Å². The van der Waals surface area contributed by atoms with Gasteiger partial charge in [0.25, 0.3) is 0 Å². The van der Waals surface area contributed by atoms with Gasteiger partial charge < -0.3 is 10.2 Å². The third-order valence-electron chi connectivity index (χ3n) is 5.38. The molecular formula is C23H26N4O2. The standard InChI is InChI=1S/C23H26N4O2/c1-15-10-11-17(14-16(15)2)25-21(28)22(29)26-24-13-12-20-23(3,4)18-8-6-7-9-19(18)27(20)5/h6-14H,1-5H3,(H,25,28)(H,26,29)/b20-12-,24-13+. The fraction of sp³-hybridized carbons (Fsp3) is 0.261. The maximum absolute atomic E-state index is 12.0. The van der Waals surface area contributed by atoms with Crippen LogP contribution in [0, 0.1) is 13.8 Å². The number of carbonyl (C=O) groups is 2. The van der Waals surface area contributed by atoms with Gasteiger partial charge in [-0.15, -0.1) is 0 Å². The highest BCUT2D eigenvalue weighted by atomic mass is 16.2. The van der Waals surface area contributed by atoms with Crippen molar-refractivity contribution in [2.45, 2.75) is 33.1 Å². The quantitative estimate of drug-likeness (QED) is 0.477. The number of aryl methyl sites for hydroxylation is 2. The van der Waals surface area contributed by atoms with Crippen molar-refractivity contribution in [2.75, 3.05) is 17.3 Å². The molecule has 6 heteroatoms. The van der Waals surface area contributed by atoms with E-state index in [1.807, 2.05) is 51.2 Å². The number of anilines is 2. The van der Waals surface area contributed by atoms with Crippen molar-refractivity contribution < 1.29 is 9.59 Å². The predicted molar refractivity (Wildman–Crippen MR) is 117 cm³/mol. The Balaban J connectivity index is 1.63. The number of hydrogen-bond donors (Lipinski definition) is 2. The SMILES string of the molecule is Cc1ccc(NC(=O)C(=O)N/N=C/C=C2\N(C)c3ccccc3C2(C)C)cc1C. The van der Waals surface area contributed by atoms with E-state index < -0.39 is 11.8 Å². The molecule has 0 unspecified atom stereocenters. The molecule has 150 valence electrons. The third kappa shape index (κ3) is 4.06. The van der Waals surface area contributed by atoms with Crippen LogP contribution in [0.25, 0.3) is 0 Å². The average Bonchev–Trinajstić information content (AvgIpc) is 2.88. The van der Waals surface area contributed by atoms with Gasteiger partial charge in [0.15, 0.2) is 0 Å². The van der Waals surface area contributed by atoms with E-state index in [-0.39, 0.29) is 5.41 Å². The van der Waals surface area contributed by atoms with Crippen molar-refractivity contribution in [3.8, 4) is 0 Å². The lowest BCUT2D eigenvalue weighted by Crippen LogP contribution is -2.32. The number of benzene rings is 2. The summed E-state index contributed by atoms with van der Waals surface area (Å²) in [5.74, 6) is -1.58.